The quantitative estimate of drug-likeness (QED) is 0.733. The van der Waals surface area contributed by atoms with Gasteiger partial charge in [-0.1, -0.05) is 30.3 Å². The Morgan fingerprint density at radius 2 is 1.96 bits per heavy atom. The van der Waals surface area contributed by atoms with Crippen LogP contribution in [0.4, 0.5) is 0 Å². The van der Waals surface area contributed by atoms with Gasteiger partial charge in [-0.15, -0.1) is 0 Å². The molecule has 0 unspecified atom stereocenters. The minimum Gasteiger partial charge on any atom is -0.464 e. The Kier molecular flexibility index (Phi) is 4.99. The molecule has 1 amide bonds. The fourth-order valence-electron chi connectivity index (χ4n) is 2.81. The Morgan fingerprint density at radius 3 is 2.54 bits per heavy atom. The van der Waals surface area contributed by atoms with Crippen molar-refractivity contribution in [3.05, 3.63) is 60.1 Å². The number of rotatable bonds is 7. The number of furan rings is 1. The molecular formula is C19H21NO4. The second kappa shape index (κ2) is 7.34. The number of hydrogen-bond acceptors (Lipinski definition) is 4. The lowest BCUT2D eigenvalue weighted by molar-refractivity contribution is -0.148. The summed E-state index contributed by atoms with van der Waals surface area (Å²) in [6.07, 6.45) is 3.70. The van der Waals surface area contributed by atoms with E-state index in [1.54, 1.807) is 24.0 Å². The van der Waals surface area contributed by atoms with Gasteiger partial charge in [0, 0.05) is 12.5 Å². The number of ether oxygens (including phenoxy) is 1. The summed E-state index contributed by atoms with van der Waals surface area (Å²) in [6.45, 7) is 2.06. The van der Waals surface area contributed by atoms with E-state index in [2.05, 4.69) is 0 Å². The molecule has 0 N–H and O–H groups in total. The molecule has 126 valence electrons. The number of carbonyl (C=O) groups is 2. The minimum absolute atomic E-state index is 0.0701. The van der Waals surface area contributed by atoms with Crippen LogP contribution < -0.4 is 0 Å². The van der Waals surface area contributed by atoms with Gasteiger partial charge in [0.2, 0.25) is 0 Å². The van der Waals surface area contributed by atoms with Crippen LogP contribution in [0.25, 0.3) is 0 Å². The number of amides is 1. The molecule has 0 spiro atoms. The SMILES string of the molecule is CCOC(=O)[C@@H](Cc1ccccc1)N(C(=O)c1ccco1)C1CC1. The third-order valence-corrected chi connectivity index (χ3v) is 4.07. The van der Waals surface area contributed by atoms with Crippen molar-refractivity contribution >= 4 is 11.9 Å². The fourth-order valence-corrected chi connectivity index (χ4v) is 2.81. The summed E-state index contributed by atoms with van der Waals surface area (Å²) in [7, 11) is 0. The first kappa shape index (κ1) is 16.3. The molecule has 0 saturated heterocycles. The molecule has 1 atom stereocenters. The van der Waals surface area contributed by atoms with Crippen molar-refractivity contribution in [2.24, 2.45) is 0 Å². The summed E-state index contributed by atoms with van der Waals surface area (Å²) < 4.78 is 10.5. The highest BCUT2D eigenvalue weighted by atomic mass is 16.5. The van der Waals surface area contributed by atoms with E-state index < -0.39 is 6.04 Å². The maximum atomic E-state index is 12.9. The molecule has 0 radical (unpaired) electrons. The van der Waals surface area contributed by atoms with Crippen LogP contribution in [0.15, 0.2) is 53.1 Å². The summed E-state index contributed by atoms with van der Waals surface area (Å²) in [5.74, 6) is -0.367. The fraction of sp³-hybridized carbons (Fsp3) is 0.368. The van der Waals surface area contributed by atoms with Crippen LogP contribution in [0.5, 0.6) is 0 Å². The minimum atomic E-state index is -0.641. The summed E-state index contributed by atoms with van der Waals surface area (Å²) >= 11 is 0. The highest BCUT2D eigenvalue weighted by Crippen LogP contribution is 2.31. The van der Waals surface area contributed by atoms with Crippen LogP contribution >= 0.6 is 0 Å². The Bertz CT molecular complexity index is 677. The van der Waals surface area contributed by atoms with Gasteiger partial charge < -0.3 is 14.1 Å². The third-order valence-electron chi connectivity index (χ3n) is 4.07. The van der Waals surface area contributed by atoms with E-state index >= 15 is 0 Å². The topological polar surface area (TPSA) is 59.8 Å². The molecule has 0 aliphatic heterocycles. The molecule has 1 fully saturated rings. The van der Waals surface area contributed by atoms with Gasteiger partial charge in [0.15, 0.2) is 5.76 Å². The van der Waals surface area contributed by atoms with E-state index in [1.807, 2.05) is 30.3 Å². The second-order valence-electron chi connectivity index (χ2n) is 5.88. The molecule has 1 aromatic carbocycles. The standard InChI is InChI=1S/C19H21NO4/c1-2-23-19(22)16(13-14-7-4-3-5-8-14)20(15-10-11-15)18(21)17-9-6-12-24-17/h3-9,12,15-16H,2,10-11,13H2,1H3/t16-/m1/s1. The second-order valence-corrected chi connectivity index (χ2v) is 5.88. The summed E-state index contributed by atoms with van der Waals surface area (Å²) in [6, 6.07) is 12.4. The molecule has 0 bridgehead atoms. The molecule has 5 heteroatoms. The molecule has 5 nitrogen and oxygen atoms in total. The summed E-state index contributed by atoms with van der Waals surface area (Å²) in [5.41, 5.74) is 0.994. The van der Waals surface area contributed by atoms with Gasteiger partial charge >= 0.3 is 5.97 Å². The molecule has 1 saturated carbocycles. The highest BCUT2D eigenvalue weighted by molar-refractivity contribution is 5.95. The smallest absolute Gasteiger partial charge is 0.329 e. The Morgan fingerprint density at radius 1 is 1.21 bits per heavy atom. The van der Waals surface area contributed by atoms with Crippen LogP contribution in [0.3, 0.4) is 0 Å². The molecule has 1 aliphatic rings. The van der Waals surface area contributed by atoms with E-state index in [9.17, 15) is 9.59 Å². The van der Waals surface area contributed by atoms with Crippen LogP contribution in [0.2, 0.25) is 0 Å². The van der Waals surface area contributed by atoms with Gasteiger partial charge in [-0.2, -0.15) is 0 Å². The van der Waals surface area contributed by atoms with E-state index in [4.69, 9.17) is 9.15 Å². The Hall–Kier alpha value is -2.56. The van der Waals surface area contributed by atoms with Crippen molar-refractivity contribution in [1.29, 1.82) is 0 Å². The van der Waals surface area contributed by atoms with Crippen LogP contribution in [0.1, 0.15) is 35.9 Å². The predicted molar refractivity (Wildman–Crippen MR) is 88.5 cm³/mol. The number of esters is 1. The zero-order valence-corrected chi connectivity index (χ0v) is 13.7. The highest BCUT2D eigenvalue weighted by Gasteiger charge is 2.42. The van der Waals surface area contributed by atoms with Crippen molar-refractivity contribution in [1.82, 2.24) is 4.90 Å². The van der Waals surface area contributed by atoms with Crippen LogP contribution in [-0.4, -0.2) is 35.5 Å². The normalized spacial score (nSPS) is 14.9. The Labute approximate surface area is 141 Å². The first-order valence-corrected chi connectivity index (χ1v) is 8.27. The average Bonchev–Trinajstić information content (AvgIpc) is 3.27. The number of benzene rings is 1. The summed E-state index contributed by atoms with van der Waals surface area (Å²) in [5, 5.41) is 0. The maximum absolute atomic E-state index is 12.9. The number of hydrogen-bond donors (Lipinski definition) is 0. The van der Waals surface area contributed by atoms with Crippen molar-refractivity contribution in [3.63, 3.8) is 0 Å². The molecule has 1 aliphatic carbocycles. The van der Waals surface area contributed by atoms with Crippen molar-refractivity contribution in [3.8, 4) is 0 Å². The molecule has 1 heterocycles. The maximum Gasteiger partial charge on any atom is 0.329 e. The number of carbonyl (C=O) groups excluding carboxylic acids is 2. The van der Waals surface area contributed by atoms with Gasteiger partial charge in [-0.05, 0) is 37.5 Å². The summed E-state index contributed by atoms with van der Waals surface area (Å²) in [4.78, 5) is 27.0. The largest absolute Gasteiger partial charge is 0.464 e. The van der Waals surface area contributed by atoms with E-state index in [0.717, 1.165) is 18.4 Å². The van der Waals surface area contributed by atoms with Gasteiger partial charge in [0.05, 0.1) is 12.9 Å². The first-order chi connectivity index (χ1) is 11.7. The van der Waals surface area contributed by atoms with Crippen LogP contribution in [-0.2, 0) is 16.0 Å². The van der Waals surface area contributed by atoms with Crippen molar-refractivity contribution < 1.29 is 18.7 Å². The lowest BCUT2D eigenvalue weighted by Crippen LogP contribution is -2.48. The predicted octanol–water partition coefficient (Wildman–Crippen LogP) is 3.06. The third kappa shape index (κ3) is 3.67. The lowest BCUT2D eigenvalue weighted by Gasteiger charge is -2.29. The first-order valence-electron chi connectivity index (χ1n) is 8.27. The zero-order chi connectivity index (χ0) is 16.9. The molecule has 2 aromatic rings. The zero-order valence-electron chi connectivity index (χ0n) is 13.7. The van der Waals surface area contributed by atoms with E-state index in [1.165, 1.54) is 6.26 Å². The van der Waals surface area contributed by atoms with E-state index in [0.29, 0.717) is 6.42 Å². The lowest BCUT2D eigenvalue weighted by atomic mass is 10.0. The van der Waals surface area contributed by atoms with E-state index in [-0.39, 0.29) is 30.3 Å². The number of nitrogens with zero attached hydrogens (tertiary/aromatic N) is 1. The Balaban J connectivity index is 1.88. The molecule has 24 heavy (non-hydrogen) atoms. The van der Waals surface area contributed by atoms with Crippen LogP contribution in [0, 0.1) is 0 Å². The average molecular weight is 327 g/mol. The van der Waals surface area contributed by atoms with Gasteiger partial charge in [0.25, 0.3) is 5.91 Å². The molecular weight excluding hydrogens is 306 g/mol. The molecule has 3 rings (SSSR count). The van der Waals surface area contributed by atoms with Crippen molar-refractivity contribution in [2.45, 2.75) is 38.3 Å². The monoisotopic (exact) mass is 327 g/mol. The van der Waals surface area contributed by atoms with Gasteiger partial charge in [-0.25, -0.2) is 4.79 Å². The van der Waals surface area contributed by atoms with Gasteiger partial charge in [-0.3, -0.25) is 4.79 Å². The van der Waals surface area contributed by atoms with Crippen molar-refractivity contribution in [2.75, 3.05) is 6.61 Å². The van der Waals surface area contributed by atoms with Gasteiger partial charge in [0.1, 0.15) is 6.04 Å². The molecule has 1 aromatic heterocycles.